The molecule has 0 aromatic carbocycles. The Kier molecular flexibility index (Phi) is 7.43. The molecule has 1 aliphatic rings. The zero-order valence-electron chi connectivity index (χ0n) is 16.3. The molecule has 5 nitrogen and oxygen atoms in total. The second-order valence-corrected chi connectivity index (χ2v) is 12.9. The molecule has 1 aromatic heterocycles. The first kappa shape index (κ1) is 20.4. The Hall–Kier alpha value is -0.953. The van der Waals surface area contributed by atoms with Crippen LogP contribution >= 0.6 is 0 Å². The molecule has 1 fully saturated rings. The van der Waals surface area contributed by atoms with Gasteiger partial charge in [0.1, 0.15) is 12.4 Å². The molecule has 1 atom stereocenters. The van der Waals surface area contributed by atoms with Crippen molar-refractivity contribution in [2.45, 2.75) is 71.1 Å². The maximum absolute atomic E-state index is 6.12. The van der Waals surface area contributed by atoms with Crippen LogP contribution in [0.3, 0.4) is 0 Å². The van der Waals surface area contributed by atoms with Gasteiger partial charge in [-0.25, -0.2) is 0 Å². The molecule has 1 aromatic rings. The molecular weight excluding hydrogens is 334 g/mol. The minimum Gasteiger partial charge on any atom is -0.490 e. The first-order valence-corrected chi connectivity index (χ1v) is 12.1. The van der Waals surface area contributed by atoms with Crippen LogP contribution in [0, 0.1) is 0 Å². The van der Waals surface area contributed by atoms with E-state index in [4.69, 9.17) is 18.6 Å². The largest absolute Gasteiger partial charge is 0.490 e. The van der Waals surface area contributed by atoms with Gasteiger partial charge in [-0.1, -0.05) is 20.8 Å². The van der Waals surface area contributed by atoms with Gasteiger partial charge in [0.15, 0.2) is 14.6 Å². The summed E-state index contributed by atoms with van der Waals surface area (Å²) in [6, 6.07) is 1.97. The second-order valence-electron chi connectivity index (χ2n) is 8.09. The van der Waals surface area contributed by atoms with Crippen LogP contribution in [0.25, 0.3) is 0 Å². The predicted molar refractivity (Wildman–Crippen MR) is 101 cm³/mol. The number of nitrogens with zero attached hydrogens (tertiary/aromatic N) is 1. The van der Waals surface area contributed by atoms with Gasteiger partial charge in [0.2, 0.25) is 0 Å². The van der Waals surface area contributed by atoms with Gasteiger partial charge < -0.3 is 18.6 Å². The van der Waals surface area contributed by atoms with Gasteiger partial charge >= 0.3 is 0 Å². The summed E-state index contributed by atoms with van der Waals surface area (Å²) >= 11 is 0. The number of aromatic nitrogens is 1. The van der Waals surface area contributed by atoms with Crippen molar-refractivity contribution in [3.05, 3.63) is 24.0 Å². The van der Waals surface area contributed by atoms with Crippen molar-refractivity contribution < 1.29 is 18.6 Å². The molecule has 142 valence electrons. The van der Waals surface area contributed by atoms with E-state index in [1.807, 2.05) is 12.3 Å². The lowest BCUT2D eigenvalue weighted by atomic mass is 10.2. The minimum absolute atomic E-state index is 0.0867. The lowest BCUT2D eigenvalue weighted by Gasteiger charge is -2.36. The quantitative estimate of drug-likeness (QED) is 0.499. The zero-order valence-corrected chi connectivity index (χ0v) is 17.3. The van der Waals surface area contributed by atoms with E-state index in [1.165, 1.54) is 6.42 Å². The van der Waals surface area contributed by atoms with Crippen molar-refractivity contribution in [3.63, 3.8) is 0 Å². The Labute approximate surface area is 153 Å². The summed E-state index contributed by atoms with van der Waals surface area (Å²) in [6.07, 6.45) is 6.71. The summed E-state index contributed by atoms with van der Waals surface area (Å²) in [5, 5.41) is 0.215. The number of pyridine rings is 1. The first-order chi connectivity index (χ1) is 11.8. The highest BCUT2D eigenvalue weighted by Gasteiger charge is 2.36. The molecule has 0 saturated carbocycles. The SMILES string of the molecule is CC(C)(C)[Si](C)(C)OCCOc1cncc(COC2CCCCO2)c1. The van der Waals surface area contributed by atoms with Crippen LogP contribution in [0.2, 0.25) is 18.1 Å². The lowest BCUT2D eigenvalue weighted by Crippen LogP contribution is -2.41. The molecule has 0 radical (unpaired) electrons. The van der Waals surface area contributed by atoms with Crippen molar-refractivity contribution >= 4 is 8.32 Å². The van der Waals surface area contributed by atoms with E-state index in [9.17, 15) is 0 Å². The van der Waals surface area contributed by atoms with Crippen molar-refractivity contribution in [3.8, 4) is 5.75 Å². The average molecular weight is 368 g/mol. The maximum atomic E-state index is 6.12. The molecular formula is C19H33NO4Si. The highest BCUT2D eigenvalue weighted by molar-refractivity contribution is 6.74. The molecule has 25 heavy (non-hydrogen) atoms. The topological polar surface area (TPSA) is 49.8 Å². The van der Waals surface area contributed by atoms with Crippen LogP contribution < -0.4 is 4.74 Å². The van der Waals surface area contributed by atoms with E-state index >= 15 is 0 Å². The Morgan fingerprint density at radius 2 is 2.00 bits per heavy atom. The Bertz CT molecular complexity index is 524. The van der Waals surface area contributed by atoms with Crippen LogP contribution in [-0.4, -0.2) is 39.4 Å². The Morgan fingerprint density at radius 1 is 1.20 bits per heavy atom. The number of rotatable bonds is 8. The van der Waals surface area contributed by atoms with Gasteiger partial charge in [0, 0.05) is 12.8 Å². The summed E-state index contributed by atoms with van der Waals surface area (Å²) in [4.78, 5) is 4.24. The van der Waals surface area contributed by atoms with Crippen LogP contribution in [0.1, 0.15) is 45.6 Å². The van der Waals surface area contributed by atoms with Crippen LogP contribution in [-0.2, 0) is 20.5 Å². The third kappa shape index (κ3) is 6.70. The van der Waals surface area contributed by atoms with Gasteiger partial charge in [-0.2, -0.15) is 0 Å². The second kappa shape index (κ2) is 9.12. The molecule has 0 aliphatic carbocycles. The monoisotopic (exact) mass is 367 g/mol. The zero-order chi connectivity index (χ0) is 18.3. The molecule has 1 saturated heterocycles. The summed E-state index contributed by atoms with van der Waals surface area (Å²) < 4.78 is 23.3. The highest BCUT2D eigenvalue weighted by atomic mass is 28.4. The summed E-state index contributed by atoms with van der Waals surface area (Å²) in [6.45, 7) is 13.6. The van der Waals surface area contributed by atoms with E-state index in [0.717, 1.165) is 30.8 Å². The first-order valence-electron chi connectivity index (χ1n) is 9.22. The highest BCUT2D eigenvalue weighted by Crippen LogP contribution is 2.36. The molecule has 2 rings (SSSR count). The predicted octanol–water partition coefficient (Wildman–Crippen LogP) is 4.53. The summed E-state index contributed by atoms with van der Waals surface area (Å²) in [5.41, 5.74) is 0.997. The molecule has 0 bridgehead atoms. The van der Waals surface area contributed by atoms with Crippen LogP contribution in [0.15, 0.2) is 18.5 Å². The van der Waals surface area contributed by atoms with Crippen LogP contribution in [0.5, 0.6) is 5.75 Å². The number of hydrogen-bond acceptors (Lipinski definition) is 5. The van der Waals surface area contributed by atoms with E-state index in [-0.39, 0.29) is 11.3 Å². The number of ether oxygens (including phenoxy) is 3. The Morgan fingerprint density at radius 3 is 2.68 bits per heavy atom. The normalized spacial score (nSPS) is 19.0. The molecule has 1 unspecified atom stereocenters. The fraction of sp³-hybridized carbons (Fsp3) is 0.737. The lowest BCUT2D eigenvalue weighted by molar-refractivity contribution is -0.169. The molecule has 1 aliphatic heterocycles. The summed E-state index contributed by atoms with van der Waals surface area (Å²) in [5.74, 6) is 0.754. The van der Waals surface area contributed by atoms with E-state index in [1.54, 1.807) is 6.20 Å². The molecule has 0 N–H and O–H groups in total. The molecule has 0 amide bonds. The molecule has 2 heterocycles. The smallest absolute Gasteiger partial charge is 0.192 e. The van der Waals surface area contributed by atoms with Gasteiger partial charge in [-0.3, -0.25) is 4.98 Å². The minimum atomic E-state index is -1.72. The third-order valence-corrected chi connectivity index (χ3v) is 9.50. The standard InChI is InChI=1S/C19H33NO4Si/c1-19(2,3)25(4,5)24-11-10-21-17-12-16(13-20-14-17)15-23-18-8-6-7-9-22-18/h12-14,18H,6-11,15H2,1-5H3. The van der Waals surface area contributed by atoms with E-state index < -0.39 is 8.32 Å². The van der Waals surface area contributed by atoms with E-state index in [2.05, 4.69) is 38.8 Å². The van der Waals surface area contributed by atoms with Crippen molar-refractivity contribution in [1.82, 2.24) is 4.98 Å². The van der Waals surface area contributed by atoms with Gasteiger partial charge in [-0.05, 0) is 49.0 Å². The fourth-order valence-corrected chi connectivity index (χ4v) is 3.35. The van der Waals surface area contributed by atoms with E-state index in [0.29, 0.717) is 19.8 Å². The van der Waals surface area contributed by atoms with Crippen LogP contribution in [0.4, 0.5) is 0 Å². The maximum Gasteiger partial charge on any atom is 0.192 e. The average Bonchev–Trinajstić information content (AvgIpc) is 2.57. The molecule has 0 spiro atoms. The fourth-order valence-electron chi connectivity index (χ4n) is 2.33. The van der Waals surface area contributed by atoms with Gasteiger partial charge in [-0.15, -0.1) is 0 Å². The van der Waals surface area contributed by atoms with Crippen molar-refractivity contribution in [2.75, 3.05) is 19.8 Å². The molecule has 6 heteroatoms. The third-order valence-electron chi connectivity index (χ3n) is 4.96. The Balaban J connectivity index is 1.73. The van der Waals surface area contributed by atoms with Gasteiger partial charge in [0.25, 0.3) is 0 Å². The van der Waals surface area contributed by atoms with Crippen molar-refractivity contribution in [2.24, 2.45) is 0 Å². The number of hydrogen-bond donors (Lipinski definition) is 0. The van der Waals surface area contributed by atoms with Gasteiger partial charge in [0.05, 0.1) is 19.4 Å². The van der Waals surface area contributed by atoms with Crippen molar-refractivity contribution in [1.29, 1.82) is 0 Å². The summed E-state index contributed by atoms with van der Waals surface area (Å²) in [7, 11) is -1.72.